The van der Waals surface area contributed by atoms with Crippen LogP contribution in [0.15, 0.2) is 0 Å². The van der Waals surface area contributed by atoms with Crippen molar-refractivity contribution in [1.29, 1.82) is 0 Å². The standard InChI is InChI=1S/C10H21N3O2.ClH/c1-3-4-9(14)13-7-10(15)12-6-5-8(2)11;/h8H,3-7,11H2,1-2H3,(H,12,15)(H,13,14);1H. The second-order valence-electron chi connectivity index (χ2n) is 3.64. The van der Waals surface area contributed by atoms with Crippen molar-refractivity contribution >= 4 is 24.2 Å². The molecule has 0 radical (unpaired) electrons. The molecule has 0 aliphatic carbocycles. The Morgan fingerprint density at radius 1 is 1.25 bits per heavy atom. The first-order valence-corrected chi connectivity index (χ1v) is 5.35. The number of hydrogen-bond acceptors (Lipinski definition) is 3. The van der Waals surface area contributed by atoms with Gasteiger partial charge in [0.25, 0.3) is 0 Å². The van der Waals surface area contributed by atoms with Gasteiger partial charge in [-0.25, -0.2) is 0 Å². The number of amides is 2. The summed E-state index contributed by atoms with van der Waals surface area (Å²) in [7, 11) is 0. The topological polar surface area (TPSA) is 84.2 Å². The van der Waals surface area contributed by atoms with E-state index in [1.165, 1.54) is 0 Å². The Kier molecular flexibility index (Phi) is 11.8. The molecule has 0 spiro atoms. The molecule has 6 heteroatoms. The van der Waals surface area contributed by atoms with Crippen molar-refractivity contribution in [3.05, 3.63) is 0 Å². The molecular weight excluding hydrogens is 230 g/mol. The lowest BCUT2D eigenvalue weighted by molar-refractivity contribution is -0.126. The van der Waals surface area contributed by atoms with Crippen molar-refractivity contribution in [3.8, 4) is 0 Å². The minimum atomic E-state index is -0.167. The Hall–Kier alpha value is -0.810. The maximum absolute atomic E-state index is 11.2. The highest BCUT2D eigenvalue weighted by molar-refractivity contribution is 5.85. The molecule has 0 aromatic rings. The van der Waals surface area contributed by atoms with Crippen LogP contribution in [0.1, 0.15) is 33.1 Å². The Bertz CT molecular complexity index is 210. The number of halogens is 1. The molecule has 0 aromatic heterocycles. The summed E-state index contributed by atoms with van der Waals surface area (Å²) in [6, 6.07) is 0.0833. The second-order valence-corrected chi connectivity index (χ2v) is 3.64. The van der Waals surface area contributed by atoms with Gasteiger partial charge in [-0.15, -0.1) is 12.4 Å². The number of carbonyl (C=O) groups is 2. The molecule has 1 atom stereocenters. The van der Waals surface area contributed by atoms with Crippen LogP contribution in [0.4, 0.5) is 0 Å². The first kappa shape index (κ1) is 17.6. The van der Waals surface area contributed by atoms with Crippen molar-refractivity contribution < 1.29 is 9.59 Å². The van der Waals surface area contributed by atoms with Gasteiger partial charge in [-0.3, -0.25) is 9.59 Å². The number of rotatable bonds is 7. The van der Waals surface area contributed by atoms with Crippen molar-refractivity contribution in [3.63, 3.8) is 0 Å². The minimum absolute atomic E-state index is 0. The lowest BCUT2D eigenvalue weighted by atomic mass is 10.2. The van der Waals surface area contributed by atoms with Crippen molar-refractivity contribution in [2.45, 2.75) is 39.2 Å². The Labute approximate surface area is 103 Å². The number of nitrogens with one attached hydrogen (secondary N) is 2. The van der Waals surface area contributed by atoms with Crippen molar-refractivity contribution in [1.82, 2.24) is 10.6 Å². The molecule has 0 fully saturated rings. The number of hydrogen-bond donors (Lipinski definition) is 3. The fourth-order valence-electron chi connectivity index (χ4n) is 0.996. The van der Waals surface area contributed by atoms with Crippen LogP contribution in [-0.2, 0) is 9.59 Å². The SMILES string of the molecule is CCCC(=O)NCC(=O)NCCC(C)N.Cl. The third kappa shape index (κ3) is 11.3. The van der Waals surface area contributed by atoms with Crippen molar-refractivity contribution in [2.75, 3.05) is 13.1 Å². The first-order valence-electron chi connectivity index (χ1n) is 5.35. The largest absolute Gasteiger partial charge is 0.355 e. The lowest BCUT2D eigenvalue weighted by Crippen LogP contribution is -2.38. The van der Waals surface area contributed by atoms with E-state index in [0.717, 1.165) is 12.8 Å². The monoisotopic (exact) mass is 251 g/mol. The highest BCUT2D eigenvalue weighted by atomic mass is 35.5. The highest BCUT2D eigenvalue weighted by Crippen LogP contribution is 1.85. The fourth-order valence-corrected chi connectivity index (χ4v) is 0.996. The van der Waals surface area contributed by atoms with Crippen molar-refractivity contribution in [2.24, 2.45) is 5.73 Å². The predicted octanol–water partition coefficient (Wildman–Crippen LogP) is 0.178. The van der Waals surface area contributed by atoms with E-state index < -0.39 is 0 Å². The smallest absolute Gasteiger partial charge is 0.239 e. The van der Waals surface area contributed by atoms with Gasteiger partial charge in [0.1, 0.15) is 0 Å². The average Bonchev–Trinajstić information content (AvgIpc) is 2.14. The molecule has 0 heterocycles. The van der Waals surface area contributed by atoms with Gasteiger partial charge in [0.2, 0.25) is 11.8 Å². The summed E-state index contributed by atoms with van der Waals surface area (Å²) >= 11 is 0. The quantitative estimate of drug-likeness (QED) is 0.604. The molecule has 5 nitrogen and oxygen atoms in total. The van der Waals surface area contributed by atoms with Crippen LogP contribution >= 0.6 is 12.4 Å². The zero-order valence-electron chi connectivity index (χ0n) is 9.91. The Morgan fingerprint density at radius 2 is 1.88 bits per heavy atom. The summed E-state index contributed by atoms with van der Waals surface area (Å²) in [6.45, 7) is 4.41. The summed E-state index contributed by atoms with van der Waals surface area (Å²) in [6.07, 6.45) is 2.00. The fraction of sp³-hybridized carbons (Fsp3) is 0.800. The Balaban J connectivity index is 0. The summed E-state index contributed by atoms with van der Waals surface area (Å²) in [4.78, 5) is 22.2. The van der Waals surface area contributed by atoms with Gasteiger partial charge in [-0.05, 0) is 19.8 Å². The van der Waals surface area contributed by atoms with Crippen LogP contribution < -0.4 is 16.4 Å². The van der Waals surface area contributed by atoms with Gasteiger partial charge in [-0.2, -0.15) is 0 Å². The molecule has 0 rings (SSSR count). The third-order valence-electron chi connectivity index (χ3n) is 1.85. The zero-order chi connectivity index (χ0) is 11.7. The molecule has 96 valence electrons. The van der Waals surface area contributed by atoms with Gasteiger partial charge in [-0.1, -0.05) is 6.92 Å². The van der Waals surface area contributed by atoms with E-state index in [2.05, 4.69) is 10.6 Å². The third-order valence-corrected chi connectivity index (χ3v) is 1.85. The minimum Gasteiger partial charge on any atom is -0.355 e. The molecule has 0 saturated carbocycles. The molecule has 0 aliphatic rings. The zero-order valence-corrected chi connectivity index (χ0v) is 10.7. The second kappa shape index (κ2) is 10.7. The van der Waals surface area contributed by atoms with E-state index in [4.69, 9.17) is 5.73 Å². The number of nitrogens with two attached hydrogens (primary N) is 1. The summed E-state index contributed by atoms with van der Waals surface area (Å²) in [5.74, 6) is -0.250. The van der Waals surface area contributed by atoms with E-state index >= 15 is 0 Å². The summed E-state index contributed by atoms with van der Waals surface area (Å²) in [5.41, 5.74) is 5.52. The molecule has 0 aliphatic heterocycles. The molecule has 16 heavy (non-hydrogen) atoms. The van der Waals surface area contributed by atoms with Crippen LogP contribution in [0.25, 0.3) is 0 Å². The maximum atomic E-state index is 11.2. The summed E-state index contributed by atoms with van der Waals surface area (Å²) < 4.78 is 0. The van der Waals surface area contributed by atoms with Crippen LogP contribution in [0.3, 0.4) is 0 Å². The highest BCUT2D eigenvalue weighted by Gasteiger charge is 2.04. The molecule has 0 saturated heterocycles. The average molecular weight is 252 g/mol. The molecule has 2 amide bonds. The van der Waals surface area contributed by atoms with Crippen LogP contribution in [0.5, 0.6) is 0 Å². The normalized spacial score (nSPS) is 11.2. The maximum Gasteiger partial charge on any atom is 0.239 e. The van der Waals surface area contributed by atoms with Gasteiger partial charge < -0.3 is 16.4 Å². The Morgan fingerprint density at radius 3 is 2.38 bits per heavy atom. The van der Waals surface area contributed by atoms with E-state index in [9.17, 15) is 9.59 Å². The van der Waals surface area contributed by atoms with Crippen LogP contribution in [0.2, 0.25) is 0 Å². The molecule has 0 aromatic carbocycles. The van der Waals surface area contributed by atoms with Gasteiger partial charge in [0, 0.05) is 19.0 Å². The van der Waals surface area contributed by atoms with Crippen LogP contribution in [0, 0.1) is 0 Å². The number of carbonyl (C=O) groups excluding carboxylic acids is 2. The van der Waals surface area contributed by atoms with E-state index in [1.54, 1.807) is 0 Å². The molecule has 0 bridgehead atoms. The summed E-state index contributed by atoms with van der Waals surface area (Å²) in [5, 5.41) is 5.22. The first-order chi connectivity index (χ1) is 7.06. The molecule has 4 N–H and O–H groups in total. The van der Waals surface area contributed by atoms with Gasteiger partial charge in [0.15, 0.2) is 0 Å². The lowest BCUT2D eigenvalue weighted by Gasteiger charge is -2.07. The van der Waals surface area contributed by atoms with E-state index in [0.29, 0.717) is 13.0 Å². The van der Waals surface area contributed by atoms with Crippen LogP contribution in [-0.4, -0.2) is 30.9 Å². The van der Waals surface area contributed by atoms with E-state index in [-0.39, 0.29) is 36.8 Å². The van der Waals surface area contributed by atoms with E-state index in [1.807, 2.05) is 13.8 Å². The van der Waals surface area contributed by atoms with Gasteiger partial charge in [0.05, 0.1) is 6.54 Å². The van der Waals surface area contributed by atoms with Gasteiger partial charge >= 0.3 is 0 Å². The molecule has 1 unspecified atom stereocenters. The predicted molar refractivity (Wildman–Crippen MR) is 66.4 cm³/mol. The molecular formula is C10H22ClN3O2.